The highest BCUT2D eigenvalue weighted by Crippen LogP contribution is 2.16. The molecule has 0 bridgehead atoms. The van der Waals surface area contributed by atoms with Crippen molar-refractivity contribution in [3.8, 4) is 0 Å². The molecule has 0 aliphatic rings. The van der Waals surface area contributed by atoms with E-state index in [4.69, 9.17) is 10.4 Å². The Hall–Kier alpha value is -2.19. The highest BCUT2D eigenvalue weighted by molar-refractivity contribution is 7.15. The van der Waals surface area contributed by atoms with Crippen LogP contribution in [0.3, 0.4) is 0 Å². The van der Waals surface area contributed by atoms with E-state index >= 15 is 0 Å². The third-order valence-corrected chi connectivity index (χ3v) is 3.37. The van der Waals surface area contributed by atoms with Crippen LogP contribution in [0, 0.1) is 6.92 Å². The van der Waals surface area contributed by atoms with E-state index in [1.807, 2.05) is 5.43 Å². The molecule has 2 heterocycles. The van der Waals surface area contributed by atoms with Crippen molar-refractivity contribution in [1.82, 2.24) is 15.9 Å². The van der Waals surface area contributed by atoms with Gasteiger partial charge in [-0.05, 0) is 19.1 Å². The molecule has 0 atom stereocenters. The molecule has 19 heavy (non-hydrogen) atoms. The Morgan fingerprint density at radius 1 is 1.37 bits per heavy atom. The quantitative estimate of drug-likeness (QED) is 0.431. The molecule has 0 aromatic carbocycles. The fraction of sp³-hybridized carbons (Fsp3) is 0.182. The van der Waals surface area contributed by atoms with E-state index in [1.54, 1.807) is 25.1 Å². The van der Waals surface area contributed by atoms with Crippen LogP contribution in [0.1, 0.15) is 30.8 Å². The molecule has 0 aliphatic carbocycles. The number of rotatable bonds is 4. The number of hydrazine groups is 1. The zero-order valence-electron chi connectivity index (χ0n) is 10.1. The SMILES string of the molecule is Cc1cc(CNC(=O)c2ccc(C(=O)NN)s2)no1. The Morgan fingerprint density at radius 2 is 2.05 bits per heavy atom. The van der Waals surface area contributed by atoms with Gasteiger partial charge in [0.15, 0.2) is 0 Å². The summed E-state index contributed by atoms with van der Waals surface area (Å²) in [6.45, 7) is 2.04. The van der Waals surface area contributed by atoms with Crippen LogP contribution in [0.4, 0.5) is 0 Å². The number of hydrogen-bond donors (Lipinski definition) is 3. The molecule has 0 fully saturated rings. The maximum absolute atomic E-state index is 11.8. The van der Waals surface area contributed by atoms with E-state index in [1.165, 1.54) is 0 Å². The molecule has 2 aromatic heterocycles. The van der Waals surface area contributed by atoms with Gasteiger partial charge >= 0.3 is 0 Å². The second-order valence-electron chi connectivity index (χ2n) is 3.75. The lowest BCUT2D eigenvalue weighted by atomic mass is 10.3. The van der Waals surface area contributed by atoms with Crippen LogP contribution in [-0.4, -0.2) is 17.0 Å². The van der Waals surface area contributed by atoms with Gasteiger partial charge in [0, 0.05) is 6.07 Å². The summed E-state index contributed by atoms with van der Waals surface area (Å²) in [6, 6.07) is 4.85. The van der Waals surface area contributed by atoms with Gasteiger partial charge in [-0.3, -0.25) is 15.0 Å². The Labute approximate surface area is 112 Å². The average molecular weight is 280 g/mol. The van der Waals surface area contributed by atoms with Crippen LogP contribution in [0.2, 0.25) is 0 Å². The van der Waals surface area contributed by atoms with E-state index in [0.29, 0.717) is 21.2 Å². The van der Waals surface area contributed by atoms with E-state index < -0.39 is 5.91 Å². The Bertz CT molecular complexity index is 605. The first-order chi connectivity index (χ1) is 9.10. The van der Waals surface area contributed by atoms with E-state index in [9.17, 15) is 9.59 Å². The van der Waals surface area contributed by atoms with Crippen molar-refractivity contribution in [2.24, 2.45) is 5.84 Å². The second-order valence-corrected chi connectivity index (χ2v) is 4.83. The third kappa shape index (κ3) is 3.18. The molecule has 2 rings (SSSR count). The van der Waals surface area contributed by atoms with Crippen molar-refractivity contribution in [2.75, 3.05) is 0 Å². The van der Waals surface area contributed by atoms with Crippen molar-refractivity contribution in [3.05, 3.63) is 39.4 Å². The van der Waals surface area contributed by atoms with Crippen LogP contribution in [-0.2, 0) is 6.54 Å². The van der Waals surface area contributed by atoms with Gasteiger partial charge in [-0.2, -0.15) is 0 Å². The lowest BCUT2D eigenvalue weighted by Gasteiger charge is -1.99. The Kier molecular flexibility index (Phi) is 3.93. The second kappa shape index (κ2) is 5.63. The van der Waals surface area contributed by atoms with Gasteiger partial charge in [-0.1, -0.05) is 5.16 Å². The van der Waals surface area contributed by atoms with Crippen molar-refractivity contribution in [2.45, 2.75) is 13.5 Å². The number of nitrogens with one attached hydrogen (secondary N) is 2. The molecule has 0 aliphatic heterocycles. The van der Waals surface area contributed by atoms with Crippen LogP contribution in [0.15, 0.2) is 22.7 Å². The summed E-state index contributed by atoms with van der Waals surface area (Å²) in [5, 5.41) is 6.45. The number of carbonyl (C=O) groups is 2. The lowest BCUT2D eigenvalue weighted by molar-refractivity contribution is 0.0949. The first-order valence-corrected chi connectivity index (χ1v) is 6.23. The zero-order valence-corrected chi connectivity index (χ0v) is 10.9. The molecular formula is C11H12N4O3S. The van der Waals surface area contributed by atoms with Crippen LogP contribution < -0.4 is 16.6 Å². The lowest BCUT2D eigenvalue weighted by Crippen LogP contribution is -2.29. The predicted molar refractivity (Wildman–Crippen MR) is 68.4 cm³/mol. The first kappa shape index (κ1) is 13.2. The zero-order chi connectivity index (χ0) is 13.8. The molecular weight excluding hydrogens is 268 g/mol. The normalized spacial score (nSPS) is 10.2. The maximum atomic E-state index is 11.8. The fourth-order valence-corrected chi connectivity index (χ4v) is 2.24. The number of amides is 2. The third-order valence-electron chi connectivity index (χ3n) is 2.29. The predicted octanol–water partition coefficient (Wildman–Crippen LogP) is 0.578. The molecule has 7 nitrogen and oxygen atoms in total. The molecule has 0 saturated heterocycles. The number of aromatic nitrogens is 1. The van der Waals surface area contributed by atoms with Gasteiger partial charge < -0.3 is 9.84 Å². The number of carbonyl (C=O) groups excluding carboxylic acids is 2. The molecule has 4 N–H and O–H groups in total. The van der Waals surface area contributed by atoms with Crippen molar-refractivity contribution in [3.63, 3.8) is 0 Å². The number of aryl methyl sites for hydroxylation is 1. The number of nitrogen functional groups attached to an aromatic ring is 1. The summed E-state index contributed by atoms with van der Waals surface area (Å²) in [4.78, 5) is 23.9. The minimum atomic E-state index is -0.420. The monoisotopic (exact) mass is 280 g/mol. The molecule has 0 spiro atoms. The number of nitrogens with zero attached hydrogens (tertiary/aromatic N) is 1. The van der Waals surface area contributed by atoms with E-state index in [0.717, 1.165) is 11.3 Å². The topological polar surface area (TPSA) is 110 Å². The van der Waals surface area contributed by atoms with Crippen LogP contribution >= 0.6 is 11.3 Å². The molecule has 8 heteroatoms. The Balaban J connectivity index is 1.96. The minimum Gasteiger partial charge on any atom is -0.361 e. The van der Waals surface area contributed by atoms with Crippen molar-refractivity contribution >= 4 is 23.2 Å². The van der Waals surface area contributed by atoms with Gasteiger partial charge in [-0.25, -0.2) is 5.84 Å². The van der Waals surface area contributed by atoms with Crippen molar-refractivity contribution < 1.29 is 14.1 Å². The molecule has 0 radical (unpaired) electrons. The molecule has 0 unspecified atom stereocenters. The highest BCUT2D eigenvalue weighted by Gasteiger charge is 2.13. The maximum Gasteiger partial charge on any atom is 0.275 e. The minimum absolute atomic E-state index is 0.270. The summed E-state index contributed by atoms with van der Waals surface area (Å²) in [5.74, 6) is 5.00. The molecule has 100 valence electrons. The molecule has 2 amide bonds. The first-order valence-electron chi connectivity index (χ1n) is 5.41. The standard InChI is InChI=1S/C11H12N4O3S/c1-6-4-7(15-18-6)5-13-10(16)8-2-3-9(19-8)11(17)14-12/h2-4H,5,12H2,1H3,(H,13,16)(H,14,17). The van der Waals surface area contributed by atoms with Gasteiger partial charge in [0.25, 0.3) is 11.8 Å². The van der Waals surface area contributed by atoms with Crippen LogP contribution in [0.5, 0.6) is 0 Å². The Morgan fingerprint density at radius 3 is 2.63 bits per heavy atom. The van der Waals surface area contributed by atoms with E-state index in [-0.39, 0.29) is 12.5 Å². The molecule has 2 aromatic rings. The average Bonchev–Trinajstić information content (AvgIpc) is 3.04. The highest BCUT2D eigenvalue weighted by atomic mass is 32.1. The summed E-state index contributed by atoms with van der Waals surface area (Å²) in [5.41, 5.74) is 2.65. The number of nitrogens with two attached hydrogens (primary N) is 1. The van der Waals surface area contributed by atoms with Crippen LogP contribution in [0.25, 0.3) is 0 Å². The summed E-state index contributed by atoms with van der Waals surface area (Å²) < 4.78 is 4.89. The van der Waals surface area contributed by atoms with Crippen molar-refractivity contribution in [1.29, 1.82) is 0 Å². The largest absolute Gasteiger partial charge is 0.361 e. The summed E-state index contributed by atoms with van der Waals surface area (Å²) in [7, 11) is 0. The fourth-order valence-electron chi connectivity index (χ4n) is 1.41. The van der Waals surface area contributed by atoms with E-state index in [2.05, 4.69) is 10.5 Å². The van der Waals surface area contributed by atoms with Gasteiger partial charge in [0.1, 0.15) is 11.5 Å². The molecule has 0 saturated carbocycles. The van der Waals surface area contributed by atoms with Gasteiger partial charge in [0.2, 0.25) is 0 Å². The smallest absolute Gasteiger partial charge is 0.275 e. The van der Waals surface area contributed by atoms with Gasteiger partial charge in [0.05, 0.1) is 16.3 Å². The summed E-state index contributed by atoms with van der Waals surface area (Å²) >= 11 is 1.07. The number of thiophene rings is 1. The summed E-state index contributed by atoms with van der Waals surface area (Å²) in [6.07, 6.45) is 0. The number of hydrogen-bond acceptors (Lipinski definition) is 6. The van der Waals surface area contributed by atoms with Gasteiger partial charge in [-0.15, -0.1) is 11.3 Å².